The van der Waals surface area contributed by atoms with Crippen LogP contribution in [0.15, 0.2) is 59.6 Å². The molecule has 0 spiro atoms. The van der Waals surface area contributed by atoms with Crippen molar-refractivity contribution in [1.29, 1.82) is 0 Å². The number of nitrogens with one attached hydrogen (secondary N) is 3. The van der Waals surface area contributed by atoms with Gasteiger partial charge in [-0.1, -0.05) is 23.7 Å². The molecule has 0 aliphatic heterocycles. The topological polar surface area (TPSA) is 82.2 Å². The quantitative estimate of drug-likeness (QED) is 0.446. The fourth-order valence-electron chi connectivity index (χ4n) is 2.41. The van der Waals surface area contributed by atoms with Crippen LogP contribution in [0.1, 0.15) is 24.2 Å². The number of carbonyl (C=O) groups is 1. The number of halogens is 2. The molecule has 0 radical (unpaired) electrons. The molecule has 8 heteroatoms. The third kappa shape index (κ3) is 5.17. The Morgan fingerprint density at radius 1 is 1.14 bits per heavy atom. The highest BCUT2D eigenvalue weighted by molar-refractivity contribution is 6.30. The zero-order valence-electron chi connectivity index (χ0n) is 15.3. The highest BCUT2D eigenvalue weighted by Crippen LogP contribution is 2.21. The molecular weight excluding hydrogens is 381 g/mol. The van der Waals surface area contributed by atoms with Crippen molar-refractivity contribution >= 4 is 29.3 Å². The molecule has 3 aromatic rings. The molecule has 1 aromatic heterocycles. The van der Waals surface area contributed by atoms with Crippen LogP contribution in [0.4, 0.5) is 10.2 Å². The Bertz CT molecular complexity index is 981. The molecule has 1 heterocycles. The third-order valence-corrected chi connectivity index (χ3v) is 3.95. The van der Waals surface area contributed by atoms with Crippen molar-refractivity contribution in [2.45, 2.75) is 19.9 Å². The molecule has 0 aliphatic rings. The van der Waals surface area contributed by atoms with E-state index < -0.39 is 11.7 Å². The van der Waals surface area contributed by atoms with Gasteiger partial charge in [0.25, 0.3) is 5.91 Å². The summed E-state index contributed by atoms with van der Waals surface area (Å²) in [5, 5.41) is 13.9. The molecule has 0 saturated carbocycles. The van der Waals surface area contributed by atoms with E-state index in [1.165, 1.54) is 24.3 Å². The Labute approximate surface area is 166 Å². The van der Waals surface area contributed by atoms with Crippen molar-refractivity contribution < 1.29 is 9.18 Å². The number of amides is 1. The van der Waals surface area contributed by atoms with Gasteiger partial charge in [0.2, 0.25) is 5.96 Å². The summed E-state index contributed by atoms with van der Waals surface area (Å²) in [6.07, 6.45) is 0. The Kier molecular flexibility index (Phi) is 6.06. The number of guanidine groups is 1. The van der Waals surface area contributed by atoms with Crippen molar-refractivity contribution in [3.63, 3.8) is 0 Å². The highest BCUT2D eigenvalue weighted by atomic mass is 35.5. The number of hydrogen-bond donors (Lipinski definition) is 3. The number of H-pyrrole nitrogens is 1. The highest BCUT2D eigenvalue weighted by Gasteiger charge is 2.11. The van der Waals surface area contributed by atoms with Gasteiger partial charge in [0.15, 0.2) is 0 Å². The zero-order chi connectivity index (χ0) is 20.1. The second kappa shape index (κ2) is 8.67. The van der Waals surface area contributed by atoms with Gasteiger partial charge < -0.3 is 10.6 Å². The molecule has 3 N–H and O–H groups in total. The zero-order valence-corrected chi connectivity index (χ0v) is 16.1. The average Bonchev–Trinajstić information content (AvgIpc) is 3.10. The summed E-state index contributed by atoms with van der Waals surface area (Å²) in [4.78, 5) is 16.4. The first kappa shape index (κ1) is 19.6. The number of carbonyl (C=O) groups excluding carboxylic acids is 1. The molecule has 3 rings (SSSR count). The minimum absolute atomic E-state index is 0.0333. The fraction of sp³-hybridized carbons (Fsp3) is 0.150. The van der Waals surface area contributed by atoms with Crippen LogP contribution in [-0.2, 0) is 0 Å². The largest absolute Gasteiger partial charge is 0.354 e. The van der Waals surface area contributed by atoms with Gasteiger partial charge in [-0.05, 0) is 50.2 Å². The van der Waals surface area contributed by atoms with Gasteiger partial charge >= 0.3 is 0 Å². The lowest BCUT2D eigenvalue weighted by Gasteiger charge is -2.13. The van der Waals surface area contributed by atoms with Gasteiger partial charge in [0.1, 0.15) is 11.6 Å². The van der Waals surface area contributed by atoms with E-state index in [2.05, 4.69) is 25.8 Å². The van der Waals surface area contributed by atoms with E-state index in [4.69, 9.17) is 11.6 Å². The minimum atomic E-state index is -0.493. The van der Waals surface area contributed by atoms with Crippen LogP contribution in [0, 0.1) is 5.82 Å². The van der Waals surface area contributed by atoms with Gasteiger partial charge in [-0.2, -0.15) is 10.1 Å². The number of nitrogens with zero attached hydrogens (tertiary/aromatic N) is 2. The third-order valence-electron chi connectivity index (χ3n) is 3.70. The maximum atomic E-state index is 13.0. The average molecular weight is 400 g/mol. The maximum absolute atomic E-state index is 13.0. The number of aromatic nitrogens is 2. The van der Waals surface area contributed by atoms with Crippen LogP contribution in [0.2, 0.25) is 5.02 Å². The van der Waals surface area contributed by atoms with E-state index in [1.807, 2.05) is 26.0 Å². The molecular formula is C20H19ClFN5O. The first-order valence-electron chi connectivity index (χ1n) is 8.64. The molecule has 0 unspecified atom stereocenters. The molecule has 2 aromatic carbocycles. The Hall–Kier alpha value is -3.19. The fourth-order valence-corrected chi connectivity index (χ4v) is 2.54. The van der Waals surface area contributed by atoms with E-state index in [1.54, 1.807) is 18.2 Å². The van der Waals surface area contributed by atoms with Crippen LogP contribution < -0.4 is 10.6 Å². The minimum Gasteiger partial charge on any atom is -0.354 e. The lowest BCUT2D eigenvalue weighted by atomic mass is 10.1. The summed E-state index contributed by atoms with van der Waals surface area (Å²) in [5.41, 5.74) is 1.90. The summed E-state index contributed by atoms with van der Waals surface area (Å²) in [6, 6.07) is 14.3. The number of hydrogen-bond acceptors (Lipinski definition) is 2. The molecule has 6 nitrogen and oxygen atoms in total. The van der Waals surface area contributed by atoms with Crippen LogP contribution >= 0.6 is 11.6 Å². The van der Waals surface area contributed by atoms with E-state index in [-0.39, 0.29) is 17.6 Å². The van der Waals surface area contributed by atoms with Gasteiger partial charge in [-0.3, -0.25) is 9.89 Å². The van der Waals surface area contributed by atoms with Gasteiger partial charge in [-0.15, -0.1) is 0 Å². The Morgan fingerprint density at radius 3 is 2.46 bits per heavy atom. The number of anilines is 1. The number of aliphatic imine (C=N–C) groups is 1. The first-order chi connectivity index (χ1) is 13.4. The van der Waals surface area contributed by atoms with Gasteiger partial charge in [-0.25, -0.2) is 4.39 Å². The summed E-state index contributed by atoms with van der Waals surface area (Å²) < 4.78 is 13.0. The molecule has 0 atom stereocenters. The van der Waals surface area contributed by atoms with Crippen LogP contribution in [0.3, 0.4) is 0 Å². The maximum Gasteiger partial charge on any atom is 0.280 e. The van der Waals surface area contributed by atoms with Crippen molar-refractivity contribution in [3.05, 3.63) is 71.0 Å². The Morgan fingerprint density at radius 2 is 1.82 bits per heavy atom. The Balaban J connectivity index is 1.80. The number of rotatable bonds is 4. The van der Waals surface area contributed by atoms with E-state index >= 15 is 0 Å². The smallest absolute Gasteiger partial charge is 0.280 e. The van der Waals surface area contributed by atoms with Gasteiger partial charge in [0.05, 0.1) is 5.69 Å². The van der Waals surface area contributed by atoms with Crippen molar-refractivity contribution in [1.82, 2.24) is 15.5 Å². The molecule has 28 heavy (non-hydrogen) atoms. The predicted molar refractivity (Wildman–Crippen MR) is 109 cm³/mol. The van der Waals surface area contributed by atoms with E-state index in [0.717, 1.165) is 5.56 Å². The normalized spacial score (nSPS) is 11.5. The van der Waals surface area contributed by atoms with Crippen molar-refractivity contribution in [3.8, 4) is 11.3 Å². The second-order valence-electron chi connectivity index (χ2n) is 6.37. The molecule has 0 aliphatic carbocycles. The number of aromatic amines is 1. The second-order valence-corrected chi connectivity index (χ2v) is 6.81. The monoisotopic (exact) mass is 399 g/mol. The molecule has 0 fully saturated rings. The lowest BCUT2D eigenvalue weighted by molar-refractivity contribution is 0.100. The molecule has 1 amide bonds. The van der Waals surface area contributed by atoms with Crippen molar-refractivity contribution in [2.24, 2.45) is 4.99 Å². The summed E-state index contributed by atoms with van der Waals surface area (Å²) in [5.74, 6) is -0.0844. The summed E-state index contributed by atoms with van der Waals surface area (Å²) in [7, 11) is 0. The van der Waals surface area contributed by atoms with Crippen LogP contribution in [0.25, 0.3) is 11.3 Å². The lowest BCUT2D eigenvalue weighted by Crippen LogP contribution is -2.36. The summed E-state index contributed by atoms with van der Waals surface area (Å²) in [6.45, 7) is 3.84. The standard InChI is InChI=1S/C20H19ClFN5O/c1-12(2)23-20(25-19(28)14-5-9-16(22)10-6-14)24-18-11-17(26-27-18)13-3-7-15(21)8-4-13/h3-12H,1-2H3,(H3,23,24,25,26,27,28). The SMILES string of the molecule is CC(C)N/C(=N/C(=O)c1ccc(F)cc1)Nc1cc(-c2ccc(Cl)cc2)n[nH]1. The molecule has 144 valence electrons. The molecule has 0 saturated heterocycles. The van der Waals surface area contributed by atoms with Gasteiger partial charge in [0, 0.05) is 28.3 Å². The predicted octanol–water partition coefficient (Wildman–Crippen LogP) is 4.48. The van der Waals surface area contributed by atoms with Crippen LogP contribution in [-0.4, -0.2) is 28.1 Å². The summed E-state index contributed by atoms with van der Waals surface area (Å²) >= 11 is 5.91. The van der Waals surface area contributed by atoms with Crippen LogP contribution in [0.5, 0.6) is 0 Å². The van der Waals surface area contributed by atoms with Crippen molar-refractivity contribution in [2.75, 3.05) is 5.32 Å². The molecule has 0 bridgehead atoms. The van der Waals surface area contributed by atoms with E-state index in [9.17, 15) is 9.18 Å². The first-order valence-corrected chi connectivity index (χ1v) is 9.02. The number of benzene rings is 2. The van der Waals surface area contributed by atoms with E-state index in [0.29, 0.717) is 16.5 Å².